The number of aliphatic hydroxyl groups is 1. The quantitative estimate of drug-likeness (QED) is 0.549. The highest BCUT2D eigenvalue weighted by Gasteiger charge is 2.64. The molecule has 2 heterocycles. The second-order valence-corrected chi connectivity index (χ2v) is 10.5. The van der Waals surface area contributed by atoms with Crippen molar-refractivity contribution < 1.29 is 27.7 Å². The van der Waals surface area contributed by atoms with Crippen molar-refractivity contribution in [2.45, 2.75) is 53.9 Å². The molecule has 3 aromatic rings. The molecule has 0 radical (unpaired) electrons. The molecule has 33 heavy (non-hydrogen) atoms. The summed E-state index contributed by atoms with van der Waals surface area (Å²) in [5, 5.41) is 9.88. The highest BCUT2D eigenvalue weighted by Crippen LogP contribution is 2.44. The van der Waals surface area contributed by atoms with Crippen molar-refractivity contribution in [1.82, 2.24) is 0 Å². The molecular formula is C26H26O6S. The molecule has 2 aliphatic heterocycles. The molecule has 172 valence electrons. The summed E-state index contributed by atoms with van der Waals surface area (Å²) in [5.41, 5.74) is 1.94. The van der Waals surface area contributed by atoms with Gasteiger partial charge in [-0.2, -0.15) is 0 Å². The van der Waals surface area contributed by atoms with E-state index in [2.05, 4.69) is 0 Å². The van der Waals surface area contributed by atoms with E-state index in [0.717, 1.165) is 11.1 Å². The highest BCUT2D eigenvalue weighted by atomic mass is 32.2. The minimum absolute atomic E-state index is 0.161. The van der Waals surface area contributed by atoms with Gasteiger partial charge in [-0.05, 0) is 23.3 Å². The van der Waals surface area contributed by atoms with Gasteiger partial charge < -0.3 is 19.3 Å². The lowest BCUT2D eigenvalue weighted by atomic mass is 9.91. The van der Waals surface area contributed by atoms with Crippen LogP contribution in [-0.2, 0) is 37.3 Å². The normalized spacial score (nSPS) is 28.8. The molecule has 0 unspecified atom stereocenters. The van der Waals surface area contributed by atoms with E-state index in [0.29, 0.717) is 6.61 Å². The van der Waals surface area contributed by atoms with Gasteiger partial charge in [0.05, 0.1) is 18.1 Å². The van der Waals surface area contributed by atoms with Gasteiger partial charge in [-0.25, -0.2) is 8.42 Å². The monoisotopic (exact) mass is 466 g/mol. The van der Waals surface area contributed by atoms with E-state index < -0.39 is 45.6 Å². The molecule has 2 bridgehead atoms. The second kappa shape index (κ2) is 9.37. The topological polar surface area (TPSA) is 82.1 Å². The van der Waals surface area contributed by atoms with Crippen LogP contribution in [0.4, 0.5) is 0 Å². The number of benzene rings is 3. The van der Waals surface area contributed by atoms with Crippen molar-refractivity contribution in [1.29, 1.82) is 0 Å². The van der Waals surface area contributed by atoms with Crippen LogP contribution in [0.15, 0.2) is 95.9 Å². The van der Waals surface area contributed by atoms with Gasteiger partial charge in [-0.15, -0.1) is 0 Å². The van der Waals surface area contributed by atoms with Crippen LogP contribution in [0.3, 0.4) is 0 Å². The molecule has 6 nitrogen and oxygen atoms in total. The van der Waals surface area contributed by atoms with Crippen LogP contribution in [0, 0.1) is 0 Å². The van der Waals surface area contributed by atoms with E-state index in [4.69, 9.17) is 14.2 Å². The number of hydrogen-bond acceptors (Lipinski definition) is 6. The lowest BCUT2D eigenvalue weighted by molar-refractivity contribution is -0.107. The first kappa shape index (κ1) is 22.3. The molecule has 2 saturated heterocycles. The summed E-state index contributed by atoms with van der Waals surface area (Å²) in [7, 11) is -3.84. The van der Waals surface area contributed by atoms with Gasteiger partial charge in [-0.3, -0.25) is 0 Å². The molecule has 6 atom stereocenters. The Morgan fingerprint density at radius 3 is 1.67 bits per heavy atom. The lowest BCUT2D eigenvalue weighted by Gasteiger charge is -2.35. The molecule has 0 spiro atoms. The first-order valence-corrected chi connectivity index (χ1v) is 12.5. The van der Waals surface area contributed by atoms with Crippen molar-refractivity contribution >= 4 is 9.84 Å². The van der Waals surface area contributed by atoms with Crippen LogP contribution in [0.2, 0.25) is 0 Å². The van der Waals surface area contributed by atoms with E-state index in [9.17, 15) is 13.5 Å². The molecule has 7 heteroatoms. The van der Waals surface area contributed by atoms with Crippen LogP contribution in [0.5, 0.6) is 0 Å². The fourth-order valence-corrected chi connectivity index (χ4v) is 6.62. The predicted octanol–water partition coefficient (Wildman–Crippen LogP) is 3.14. The molecule has 0 aliphatic carbocycles. The SMILES string of the molecule is O=S(=O)(c1ccccc1)[C@@H]1[C@@H](O)[C@H]2O[C@@H]1[C@H](OCc1ccccc1)[C@@H]2OCc1ccccc1. The Morgan fingerprint density at radius 2 is 1.15 bits per heavy atom. The van der Waals surface area contributed by atoms with Crippen molar-refractivity contribution in [2.75, 3.05) is 0 Å². The van der Waals surface area contributed by atoms with Gasteiger partial charge in [0.15, 0.2) is 9.84 Å². The second-order valence-electron chi connectivity index (χ2n) is 8.40. The number of rotatable bonds is 8. The molecule has 0 aromatic heterocycles. The van der Waals surface area contributed by atoms with Crippen molar-refractivity contribution in [3.63, 3.8) is 0 Å². The summed E-state index contributed by atoms with van der Waals surface area (Å²) in [6, 6.07) is 27.5. The van der Waals surface area contributed by atoms with Gasteiger partial charge in [-0.1, -0.05) is 78.9 Å². The summed E-state index contributed by atoms with van der Waals surface area (Å²) >= 11 is 0. The van der Waals surface area contributed by atoms with Crippen LogP contribution in [-0.4, -0.2) is 49.3 Å². The lowest BCUT2D eigenvalue weighted by Crippen LogP contribution is -2.56. The molecular weight excluding hydrogens is 440 g/mol. The van der Waals surface area contributed by atoms with Crippen molar-refractivity contribution in [3.8, 4) is 0 Å². The average molecular weight is 467 g/mol. The van der Waals surface area contributed by atoms with Gasteiger partial charge in [0.1, 0.15) is 35.8 Å². The third-order valence-corrected chi connectivity index (χ3v) is 8.48. The van der Waals surface area contributed by atoms with Crippen LogP contribution >= 0.6 is 0 Å². The fourth-order valence-electron chi connectivity index (χ4n) is 4.67. The number of aliphatic hydroxyl groups excluding tert-OH is 1. The first-order chi connectivity index (χ1) is 16.1. The largest absolute Gasteiger partial charge is 0.389 e. The summed E-state index contributed by atoms with van der Waals surface area (Å²) < 4.78 is 45.2. The van der Waals surface area contributed by atoms with E-state index in [-0.39, 0.29) is 11.5 Å². The summed E-state index contributed by atoms with van der Waals surface area (Å²) in [6.07, 6.45) is -4.05. The smallest absolute Gasteiger partial charge is 0.186 e. The number of hydrogen-bond donors (Lipinski definition) is 1. The maximum atomic E-state index is 13.4. The van der Waals surface area contributed by atoms with Crippen LogP contribution in [0.1, 0.15) is 11.1 Å². The predicted molar refractivity (Wildman–Crippen MR) is 122 cm³/mol. The zero-order valence-electron chi connectivity index (χ0n) is 17.9. The number of sulfone groups is 1. The summed E-state index contributed by atoms with van der Waals surface area (Å²) in [5.74, 6) is 0. The number of ether oxygens (including phenoxy) is 3. The molecule has 3 aromatic carbocycles. The molecule has 0 saturated carbocycles. The first-order valence-electron chi connectivity index (χ1n) is 11.0. The molecule has 2 aliphatic rings. The molecule has 2 fully saturated rings. The van der Waals surface area contributed by atoms with Gasteiger partial charge in [0.2, 0.25) is 0 Å². The maximum absolute atomic E-state index is 13.4. The zero-order chi connectivity index (χ0) is 22.8. The third-order valence-electron chi connectivity index (χ3n) is 6.28. The van der Waals surface area contributed by atoms with Crippen LogP contribution < -0.4 is 0 Å². The maximum Gasteiger partial charge on any atom is 0.186 e. The summed E-state index contributed by atoms with van der Waals surface area (Å²) in [4.78, 5) is 0.161. The van der Waals surface area contributed by atoms with E-state index in [1.807, 2.05) is 60.7 Å². The standard InChI is InChI=1S/C26H26O6S/c27-21-22-23(30-16-18-10-4-1-5-11-18)24(31-17-19-12-6-2-7-13-19)25(32-22)26(21)33(28,29)20-14-8-3-9-15-20/h1-15,21-27H,16-17H2/t21-,22+,23+,24+,25+,26+/m0/s1. The summed E-state index contributed by atoms with van der Waals surface area (Å²) in [6.45, 7) is 0.601. The van der Waals surface area contributed by atoms with Crippen LogP contribution in [0.25, 0.3) is 0 Å². The Bertz CT molecular complexity index is 1150. The average Bonchev–Trinajstić information content (AvgIpc) is 3.38. The Labute approximate surface area is 193 Å². The molecule has 0 amide bonds. The van der Waals surface area contributed by atoms with Gasteiger partial charge in [0.25, 0.3) is 0 Å². The molecule has 1 N–H and O–H groups in total. The van der Waals surface area contributed by atoms with Crippen molar-refractivity contribution in [2.24, 2.45) is 0 Å². The Kier molecular flexibility index (Phi) is 6.32. The van der Waals surface area contributed by atoms with E-state index >= 15 is 0 Å². The van der Waals surface area contributed by atoms with Gasteiger partial charge >= 0.3 is 0 Å². The highest BCUT2D eigenvalue weighted by molar-refractivity contribution is 7.92. The van der Waals surface area contributed by atoms with E-state index in [1.54, 1.807) is 18.2 Å². The van der Waals surface area contributed by atoms with Crippen molar-refractivity contribution in [3.05, 3.63) is 102 Å². The van der Waals surface area contributed by atoms with Gasteiger partial charge in [0, 0.05) is 0 Å². The minimum Gasteiger partial charge on any atom is -0.389 e. The minimum atomic E-state index is -3.84. The zero-order valence-corrected chi connectivity index (χ0v) is 18.8. The van der Waals surface area contributed by atoms with E-state index in [1.165, 1.54) is 12.1 Å². The Morgan fingerprint density at radius 1 is 0.697 bits per heavy atom. The number of fused-ring (bicyclic) bond motifs is 2. The Hall–Kier alpha value is -2.55. The third kappa shape index (κ3) is 4.35. The Balaban J connectivity index is 1.41. The fraction of sp³-hybridized carbons (Fsp3) is 0.308. The molecule has 5 rings (SSSR count).